The Kier molecular flexibility index (Phi) is 6.08. The molecule has 0 unspecified atom stereocenters. The molecule has 0 amide bonds. The second-order valence-corrected chi connectivity index (χ2v) is 6.00. The molecular formula is C21H19F3N2O. The summed E-state index contributed by atoms with van der Waals surface area (Å²) in [5, 5.41) is 3.24. The third-order valence-corrected chi connectivity index (χ3v) is 3.96. The smallest absolute Gasteiger partial charge is 0.416 e. The number of nitrogens with zero attached hydrogens (tertiary/aromatic N) is 1. The van der Waals surface area contributed by atoms with Crippen LogP contribution in [0.15, 0.2) is 73.1 Å². The summed E-state index contributed by atoms with van der Waals surface area (Å²) >= 11 is 0. The maximum absolute atomic E-state index is 12.5. The second-order valence-electron chi connectivity index (χ2n) is 6.00. The molecule has 0 atom stereocenters. The van der Waals surface area contributed by atoms with Crippen LogP contribution in [0.3, 0.4) is 0 Å². The third-order valence-electron chi connectivity index (χ3n) is 3.96. The van der Waals surface area contributed by atoms with Crippen molar-refractivity contribution in [3.63, 3.8) is 0 Å². The van der Waals surface area contributed by atoms with Crippen LogP contribution in [0, 0.1) is 0 Å². The van der Waals surface area contributed by atoms with Crippen LogP contribution in [0.4, 0.5) is 13.2 Å². The van der Waals surface area contributed by atoms with Crippen molar-refractivity contribution in [1.29, 1.82) is 0 Å². The molecule has 0 spiro atoms. The van der Waals surface area contributed by atoms with Crippen LogP contribution < -0.4 is 10.1 Å². The molecule has 0 bridgehead atoms. The van der Waals surface area contributed by atoms with E-state index in [1.54, 1.807) is 6.20 Å². The summed E-state index contributed by atoms with van der Waals surface area (Å²) in [6.07, 6.45) is -0.703. The van der Waals surface area contributed by atoms with E-state index in [2.05, 4.69) is 16.4 Å². The number of pyridine rings is 1. The average Bonchev–Trinajstić information content (AvgIpc) is 2.68. The Labute approximate surface area is 155 Å². The summed E-state index contributed by atoms with van der Waals surface area (Å²) in [6, 6.07) is 16.8. The molecule has 0 aliphatic rings. The number of halogens is 3. The van der Waals surface area contributed by atoms with Gasteiger partial charge in [0.1, 0.15) is 12.4 Å². The summed E-state index contributed by atoms with van der Waals surface area (Å²) in [6.45, 7) is 1.55. The lowest BCUT2D eigenvalue weighted by molar-refractivity contribution is -0.137. The first-order valence-electron chi connectivity index (χ1n) is 8.52. The van der Waals surface area contributed by atoms with Crippen LogP contribution in [0.25, 0.3) is 11.1 Å². The fraction of sp³-hybridized carbons (Fsp3) is 0.190. The number of benzene rings is 2. The number of hydrogen-bond acceptors (Lipinski definition) is 3. The maximum atomic E-state index is 12.5. The molecule has 0 aliphatic heterocycles. The third kappa shape index (κ3) is 5.56. The van der Waals surface area contributed by atoms with Crippen molar-refractivity contribution < 1.29 is 17.9 Å². The first-order valence-corrected chi connectivity index (χ1v) is 8.52. The highest BCUT2D eigenvalue weighted by atomic mass is 19.4. The van der Waals surface area contributed by atoms with Gasteiger partial charge in [0, 0.05) is 31.0 Å². The normalized spacial score (nSPS) is 11.4. The lowest BCUT2D eigenvalue weighted by Crippen LogP contribution is -2.20. The predicted molar refractivity (Wildman–Crippen MR) is 98.3 cm³/mol. The molecule has 2 aromatic carbocycles. The Morgan fingerprint density at radius 1 is 0.889 bits per heavy atom. The minimum Gasteiger partial charge on any atom is -0.492 e. The Hall–Kier alpha value is -2.86. The SMILES string of the molecule is FC(F)(F)c1ccc(OCCNCc2cncc(-c3ccccc3)c2)cc1. The topological polar surface area (TPSA) is 34.1 Å². The van der Waals surface area contributed by atoms with E-state index >= 15 is 0 Å². The molecule has 3 nitrogen and oxygen atoms in total. The molecule has 27 heavy (non-hydrogen) atoms. The number of nitrogens with one attached hydrogen (secondary N) is 1. The molecule has 1 aromatic heterocycles. The van der Waals surface area contributed by atoms with E-state index in [4.69, 9.17) is 4.74 Å². The highest BCUT2D eigenvalue weighted by Crippen LogP contribution is 2.30. The molecular weight excluding hydrogens is 353 g/mol. The van der Waals surface area contributed by atoms with Gasteiger partial charge < -0.3 is 10.1 Å². The molecule has 1 N–H and O–H groups in total. The highest BCUT2D eigenvalue weighted by molar-refractivity contribution is 5.62. The van der Waals surface area contributed by atoms with Gasteiger partial charge in [0.05, 0.1) is 5.56 Å². The highest BCUT2D eigenvalue weighted by Gasteiger charge is 2.29. The Bertz CT molecular complexity index is 849. The molecule has 0 saturated heterocycles. The zero-order valence-corrected chi connectivity index (χ0v) is 14.5. The van der Waals surface area contributed by atoms with Crippen molar-refractivity contribution in [2.24, 2.45) is 0 Å². The lowest BCUT2D eigenvalue weighted by Gasteiger charge is -2.10. The fourth-order valence-corrected chi connectivity index (χ4v) is 2.59. The minimum absolute atomic E-state index is 0.358. The number of hydrogen-bond donors (Lipinski definition) is 1. The molecule has 0 fully saturated rings. The second kappa shape index (κ2) is 8.68. The van der Waals surface area contributed by atoms with Gasteiger partial charge in [0.15, 0.2) is 0 Å². The van der Waals surface area contributed by atoms with Gasteiger partial charge in [-0.1, -0.05) is 30.3 Å². The van der Waals surface area contributed by atoms with Gasteiger partial charge in [-0.2, -0.15) is 13.2 Å². The molecule has 0 radical (unpaired) electrons. The van der Waals surface area contributed by atoms with Gasteiger partial charge in [-0.15, -0.1) is 0 Å². The van der Waals surface area contributed by atoms with Crippen molar-refractivity contribution in [1.82, 2.24) is 10.3 Å². The molecule has 3 aromatic rings. The van der Waals surface area contributed by atoms with Gasteiger partial charge in [-0.05, 0) is 41.5 Å². The van der Waals surface area contributed by atoms with Crippen LogP contribution in [0.5, 0.6) is 5.75 Å². The van der Waals surface area contributed by atoms with Crippen molar-refractivity contribution in [3.05, 3.63) is 84.2 Å². The van der Waals surface area contributed by atoms with E-state index in [-0.39, 0.29) is 0 Å². The van der Waals surface area contributed by atoms with Gasteiger partial charge in [-0.3, -0.25) is 4.98 Å². The van der Waals surface area contributed by atoms with Crippen LogP contribution in [-0.4, -0.2) is 18.1 Å². The Morgan fingerprint density at radius 3 is 2.33 bits per heavy atom. The monoisotopic (exact) mass is 372 g/mol. The summed E-state index contributed by atoms with van der Waals surface area (Å²) in [4.78, 5) is 4.27. The quantitative estimate of drug-likeness (QED) is 0.597. The summed E-state index contributed by atoms with van der Waals surface area (Å²) < 4.78 is 43.0. The molecule has 0 saturated carbocycles. The van der Waals surface area contributed by atoms with Crippen LogP contribution in [0.2, 0.25) is 0 Å². The first-order chi connectivity index (χ1) is 13.0. The fourth-order valence-electron chi connectivity index (χ4n) is 2.59. The average molecular weight is 372 g/mol. The number of rotatable bonds is 7. The lowest BCUT2D eigenvalue weighted by atomic mass is 10.1. The summed E-state index contributed by atoms with van der Waals surface area (Å²) in [7, 11) is 0. The first kappa shape index (κ1) is 18.9. The predicted octanol–water partition coefficient (Wildman–Crippen LogP) is 4.94. The van der Waals surface area contributed by atoms with Crippen LogP contribution >= 0.6 is 0 Å². The van der Waals surface area contributed by atoms with Crippen LogP contribution in [0.1, 0.15) is 11.1 Å². The van der Waals surface area contributed by atoms with Crippen LogP contribution in [-0.2, 0) is 12.7 Å². The van der Waals surface area contributed by atoms with E-state index in [9.17, 15) is 13.2 Å². The van der Waals surface area contributed by atoms with E-state index in [0.29, 0.717) is 25.4 Å². The van der Waals surface area contributed by atoms with Gasteiger partial charge >= 0.3 is 6.18 Å². The van der Waals surface area contributed by atoms with E-state index in [1.165, 1.54) is 12.1 Å². The number of aromatic nitrogens is 1. The largest absolute Gasteiger partial charge is 0.492 e. The van der Waals surface area contributed by atoms with Crippen molar-refractivity contribution in [3.8, 4) is 16.9 Å². The number of ether oxygens (including phenoxy) is 1. The molecule has 140 valence electrons. The van der Waals surface area contributed by atoms with E-state index in [0.717, 1.165) is 28.8 Å². The molecule has 6 heteroatoms. The summed E-state index contributed by atoms with van der Waals surface area (Å²) in [5.41, 5.74) is 2.53. The molecule has 3 rings (SSSR count). The van der Waals surface area contributed by atoms with Gasteiger partial charge in [0.25, 0.3) is 0 Å². The standard InChI is InChI=1S/C21H19F3N2O/c22-21(23,24)19-6-8-20(9-7-19)27-11-10-25-13-16-12-18(15-26-14-16)17-4-2-1-3-5-17/h1-9,12,14-15,25H,10-11,13H2. The van der Waals surface area contributed by atoms with Crippen molar-refractivity contribution in [2.75, 3.05) is 13.2 Å². The molecule has 1 heterocycles. The minimum atomic E-state index is -4.33. The maximum Gasteiger partial charge on any atom is 0.416 e. The zero-order valence-electron chi connectivity index (χ0n) is 14.5. The van der Waals surface area contributed by atoms with Crippen molar-refractivity contribution >= 4 is 0 Å². The zero-order chi connectivity index (χ0) is 19.1. The van der Waals surface area contributed by atoms with Gasteiger partial charge in [-0.25, -0.2) is 0 Å². The number of alkyl halides is 3. The van der Waals surface area contributed by atoms with E-state index in [1.807, 2.05) is 36.5 Å². The van der Waals surface area contributed by atoms with Crippen molar-refractivity contribution in [2.45, 2.75) is 12.7 Å². The Morgan fingerprint density at radius 2 is 1.63 bits per heavy atom. The molecule has 0 aliphatic carbocycles. The van der Waals surface area contributed by atoms with E-state index < -0.39 is 11.7 Å². The summed E-state index contributed by atoms with van der Waals surface area (Å²) in [5.74, 6) is 0.414. The Balaban J connectivity index is 1.44. The van der Waals surface area contributed by atoms with Gasteiger partial charge in [0.2, 0.25) is 0 Å².